The molecule has 0 aliphatic carbocycles. The molecule has 0 fully saturated rings. The van der Waals surface area contributed by atoms with E-state index in [0.29, 0.717) is 5.56 Å². The third-order valence-corrected chi connectivity index (χ3v) is 3.35. The van der Waals surface area contributed by atoms with Gasteiger partial charge in [0.05, 0.1) is 17.8 Å². The maximum absolute atomic E-state index is 12.6. The monoisotopic (exact) mass is 399 g/mol. The zero-order chi connectivity index (χ0) is 21.1. The minimum atomic E-state index is -4.51. The first-order chi connectivity index (χ1) is 12.8. The number of benzene rings is 1. The van der Waals surface area contributed by atoms with Crippen LogP contribution in [0.3, 0.4) is 0 Å². The van der Waals surface area contributed by atoms with Crippen molar-refractivity contribution in [1.82, 2.24) is 15.1 Å². The van der Waals surface area contributed by atoms with E-state index in [1.807, 2.05) is 0 Å². The molecule has 2 N–H and O–H groups in total. The quantitative estimate of drug-likeness (QED) is 0.800. The van der Waals surface area contributed by atoms with E-state index in [9.17, 15) is 27.9 Å². The molecule has 1 aromatic heterocycles. The van der Waals surface area contributed by atoms with E-state index >= 15 is 0 Å². The highest BCUT2D eigenvalue weighted by Crippen LogP contribution is 2.23. The molecule has 28 heavy (non-hydrogen) atoms. The molecule has 0 spiro atoms. The minimum Gasteiger partial charge on any atom is -0.477 e. The van der Waals surface area contributed by atoms with Gasteiger partial charge in [-0.05, 0) is 44.5 Å². The van der Waals surface area contributed by atoms with Gasteiger partial charge in [0.15, 0.2) is 5.69 Å². The molecule has 10 heteroatoms. The van der Waals surface area contributed by atoms with Crippen LogP contribution in [0.5, 0.6) is 0 Å². The molecule has 0 saturated carbocycles. The maximum Gasteiger partial charge on any atom is 0.407 e. The predicted molar refractivity (Wildman–Crippen MR) is 93.4 cm³/mol. The molecule has 0 aliphatic rings. The Bertz CT molecular complexity index is 870. The van der Waals surface area contributed by atoms with Gasteiger partial charge in [0.25, 0.3) is 0 Å². The van der Waals surface area contributed by atoms with Crippen LogP contribution in [0.2, 0.25) is 0 Å². The molecule has 0 radical (unpaired) electrons. The number of alkyl carbamates (subject to hydrolysis) is 1. The average molecular weight is 399 g/mol. The number of aromatic nitrogens is 2. The Kier molecular flexibility index (Phi) is 6.01. The lowest BCUT2D eigenvalue weighted by molar-refractivity contribution is -0.127. The number of amides is 1. The van der Waals surface area contributed by atoms with Crippen molar-refractivity contribution in [3.8, 4) is 5.69 Å². The Morgan fingerprint density at radius 2 is 1.89 bits per heavy atom. The molecular formula is C18H20F3N3O4. The highest BCUT2D eigenvalue weighted by molar-refractivity contribution is 5.86. The SMILES string of the molecule is CC(C)(C)OC(=O)NCc1cccc(-n2nc(CC(F)(F)F)cc2C(=O)O)c1. The summed E-state index contributed by atoms with van der Waals surface area (Å²) in [5.74, 6) is -1.40. The lowest BCUT2D eigenvalue weighted by Crippen LogP contribution is -2.32. The molecular weight excluding hydrogens is 379 g/mol. The van der Waals surface area contributed by atoms with Gasteiger partial charge in [-0.2, -0.15) is 18.3 Å². The number of nitrogens with zero attached hydrogens (tertiary/aromatic N) is 2. The molecule has 0 saturated heterocycles. The molecule has 0 atom stereocenters. The molecule has 0 unspecified atom stereocenters. The molecule has 1 heterocycles. The summed E-state index contributed by atoms with van der Waals surface area (Å²) in [6.45, 7) is 5.24. The van der Waals surface area contributed by atoms with E-state index in [2.05, 4.69) is 10.4 Å². The first kappa shape index (κ1) is 21.3. The van der Waals surface area contributed by atoms with Gasteiger partial charge in [-0.15, -0.1) is 0 Å². The fourth-order valence-corrected chi connectivity index (χ4v) is 2.36. The number of aromatic carboxylic acids is 1. The van der Waals surface area contributed by atoms with Crippen LogP contribution in [0.1, 0.15) is 42.5 Å². The summed E-state index contributed by atoms with van der Waals surface area (Å²) < 4.78 is 43.8. The number of nitrogens with one attached hydrogen (secondary N) is 1. The van der Waals surface area contributed by atoms with E-state index in [0.717, 1.165) is 10.7 Å². The van der Waals surface area contributed by atoms with Crippen molar-refractivity contribution >= 4 is 12.1 Å². The van der Waals surface area contributed by atoms with E-state index < -0.39 is 41.6 Å². The van der Waals surface area contributed by atoms with Crippen LogP contribution in [-0.4, -0.2) is 38.7 Å². The lowest BCUT2D eigenvalue weighted by atomic mass is 10.2. The number of carboxylic acid groups (broad SMARTS) is 1. The zero-order valence-corrected chi connectivity index (χ0v) is 15.5. The van der Waals surface area contributed by atoms with Crippen LogP contribution >= 0.6 is 0 Å². The molecule has 0 aliphatic heterocycles. The second-order valence-corrected chi connectivity index (χ2v) is 7.06. The van der Waals surface area contributed by atoms with Gasteiger partial charge < -0.3 is 15.2 Å². The van der Waals surface area contributed by atoms with Gasteiger partial charge in [0.1, 0.15) is 5.60 Å². The average Bonchev–Trinajstić information content (AvgIpc) is 2.94. The van der Waals surface area contributed by atoms with Crippen LogP contribution < -0.4 is 5.32 Å². The van der Waals surface area contributed by atoms with Crippen LogP contribution in [0, 0.1) is 0 Å². The Morgan fingerprint density at radius 3 is 2.46 bits per heavy atom. The van der Waals surface area contributed by atoms with Crippen molar-refractivity contribution in [3.63, 3.8) is 0 Å². The normalized spacial score (nSPS) is 11.9. The highest BCUT2D eigenvalue weighted by atomic mass is 19.4. The Morgan fingerprint density at radius 1 is 1.21 bits per heavy atom. The van der Waals surface area contributed by atoms with Crippen LogP contribution in [0.15, 0.2) is 30.3 Å². The summed E-state index contributed by atoms with van der Waals surface area (Å²) >= 11 is 0. The molecule has 152 valence electrons. The predicted octanol–water partition coefficient (Wildman–Crippen LogP) is 3.70. The van der Waals surface area contributed by atoms with Crippen molar-refractivity contribution in [2.45, 2.75) is 45.5 Å². The van der Waals surface area contributed by atoms with E-state index in [1.54, 1.807) is 32.9 Å². The van der Waals surface area contributed by atoms with Gasteiger partial charge in [0.2, 0.25) is 0 Å². The summed E-state index contributed by atoms with van der Waals surface area (Å²) in [7, 11) is 0. The summed E-state index contributed by atoms with van der Waals surface area (Å²) in [5, 5.41) is 15.6. The van der Waals surface area contributed by atoms with Crippen molar-refractivity contribution in [2.75, 3.05) is 0 Å². The third-order valence-electron chi connectivity index (χ3n) is 3.35. The lowest BCUT2D eigenvalue weighted by Gasteiger charge is -2.19. The second kappa shape index (κ2) is 7.91. The number of halogens is 3. The first-order valence-corrected chi connectivity index (χ1v) is 8.29. The number of carbonyl (C=O) groups excluding carboxylic acids is 1. The van der Waals surface area contributed by atoms with Gasteiger partial charge in [-0.3, -0.25) is 0 Å². The van der Waals surface area contributed by atoms with Gasteiger partial charge in [-0.25, -0.2) is 14.3 Å². The van der Waals surface area contributed by atoms with Crippen molar-refractivity contribution in [2.24, 2.45) is 0 Å². The fourth-order valence-electron chi connectivity index (χ4n) is 2.36. The second-order valence-electron chi connectivity index (χ2n) is 7.06. The summed E-state index contributed by atoms with van der Waals surface area (Å²) in [4.78, 5) is 23.1. The van der Waals surface area contributed by atoms with Crippen LogP contribution in [0.4, 0.5) is 18.0 Å². The Labute approximate surface area is 159 Å². The summed E-state index contributed by atoms with van der Waals surface area (Å²) in [5.41, 5.74) is -0.604. The molecule has 1 amide bonds. The largest absolute Gasteiger partial charge is 0.477 e. The summed E-state index contributed by atoms with van der Waals surface area (Å²) in [6.07, 6.45) is -6.47. The van der Waals surface area contributed by atoms with E-state index in [4.69, 9.17) is 4.74 Å². The number of alkyl halides is 3. The smallest absolute Gasteiger partial charge is 0.407 e. The van der Waals surface area contributed by atoms with Crippen molar-refractivity contribution in [3.05, 3.63) is 47.3 Å². The fraction of sp³-hybridized carbons (Fsp3) is 0.389. The topological polar surface area (TPSA) is 93.5 Å². The number of ether oxygens (including phenoxy) is 1. The molecule has 0 bridgehead atoms. The minimum absolute atomic E-state index is 0.0852. The first-order valence-electron chi connectivity index (χ1n) is 8.29. The molecule has 2 aromatic rings. The number of hydrogen-bond acceptors (Lipinski definition) is 4. The van der Waals surface area contributed by atoms with Crippen LogP contribution in [0.25, 0.3) is 5.69 Å². The molecule has 1 aromatic carbocycles. The van der Waals surface area contributed by atoms with Gasteiger partial charge >= 0.3 is 18.2 Å². The van der Waals surface area contributed by atoms with Crippen LogP contribution in [-0.2, 0) is 17.7 Å². The zero-order valence-electron chi connectivity index (χ0n) is 15.5. The van der Waals surface area contributed by atoms with Crippen molar-refractivity contribution < 1.29 is 32.6 Å². The standard InChI is InChI=1S/C18H20F3N3O4/c1-17(2,3)28-16(27)22-10-11-5-4-6-13(7-11)24-14(15(25)26)8-12(23-24)9-18(19,20)21/h4-8H,9-10H2,1-3H3,(H,22,27)(H,25,26). The Balaban J connectivity index is 2.23. The third kappa shape index (κ3) is 6.29. The maximum atomic E-state index is 12.6. The van der Waals surface area contributed by atoms with Crippen molar-refractivity contribution in [1.29, 1.82) is 0 Å². The number of carboxylic acids is 1. The van der Waals surface area contributed by atoms with E-state index in [1.165, 1.54) is 12.1 Å². The van der Waals surface area contributed by atoms with Gasteiger partial charge in [0, 0.05) is 6.54 Å². The number of hydrogen-bond donors (Lipinski definition) is 2. The number of rotatable bonds is 5. The highest BCUT2D eigenvalue weighted by Gasteiger charge is 2.30. The summed E-state index contributed by atoms with van der Waals surface area (Å²) in [6, 6.07) is 7.17. The van der Waals surface area contributed by atoms with Gasteiger partial charge in [-0.1, -0.05) is 12.1 Å². The van der Waals surface area contributed by atoms with E-state index in [-0.39, 0.29) is 12.2 Å². The number of carbonyl (C=O) groups is 2. The molecule has 2 rings (SSSR count). The Hall–Kier alpha value is -3.04. The molecule has 7 nitrogen and oxygen atoms in total.